The van der Waals surface area contributed by atoms with E-state index in [1.165, 1.54) is 0 Å². The Hall–Kier alpha value is -2.46. The number of benzene rings is 2. The average molecular weight is 292 g/mol. The van der Waals surface area contributed by atoms with E-state index in [0.717, 1.165) is 26.7 Å². The van der Waals surface area contributed by atoms with Crippen molar-refractivity contribution in [2.24, 2.45) is 0 Å². The molecule has 0 atom stereocenters. The first-order chi connectivity index (χ1) is 10.4. The molecule has 0 aliphatic rings. The predicted octanol–water partition coefficient (Wildman–Crippen LogP) is 4.42. The minimum Gasteiger partial charge on any atom is -0.465 e. The molecular formula is C17H12N2OS. The molecule has 21 heavy (non-hydrogen) atoms. The zero-order valence-corrected chi connectivity index (χ0v) is 12.0. The topological polar surface area (TPSA) is 35.0 Å². The van der Waals surface area contributed by atoms with Crippen molar-refractivity contribution < 1.29 is 4.74 Å². The fourth-order valence-electron chi connectivity index (χ4n) is 2.28. The lowest BCUT2D eigenvalue weighted by Crippen LogP contribution is -1.93. The van der Waals surface area contributed by atoms with E-state index in [-0.39, 0.29) is 0 Å². The van der Waals surface area contributed by atoms with Gasteiger partial charge in [-0.05, 0) is 11.6 Å². The minimum absolute atomic E-state index is 0.534. The highest BCUT2D eigenvalue weighted by molar-refractivity contribution is 7.21. The number of nitrogens with zero attached hydrogens (tertiary/aromatic N) is 2. The van der Waals surface area contributed by atoms with Crippen LogP contribution in [0.3, 0.4) is 0 Å². The van der Waals surface area contributed by atoms with Crippen LogP contribution >= 0.6 is 11.3 Å². The Morgan fingerprint density at radius 1 is 0.905 bits per heavy atom. The van der Waals surface area contributed by atoms with E-state index in [2.05, 4.69) is 16.0 Å². The summed E-state index contributed by atoms with van der Waals surface area (Å²) in [7, 11) is 0. The van der Waals surface area contributed by atoms with Crippen molar-refractivity contribution >= 4 is 32.5 Å². The molecule has 0 N–H and O–H groups in total. The molecule has 3 nitrogen and oxygen atoms in total. The summed E-state index contributed by atoms with van der Waals surface area (Å²) in [5, 5.41) is 1.81. The Balaban J connectivity index is 1.69. The zero-order chi connectivity index (χ0) is 14.1. The number of para-hydroxylation sites is 1. The van der Waals surface area contributed by atoms with Crippen LogP contribution in [-0.2, 0) is 6.61 Å². The van der Waals surface area contributed by atoms with Crippen molar-refractivity contribution in [3.05, 3.63) is 66.4 Å². The molecule has 0 spiro atoms. The van der Waals surface area contributed by atoms with E-state index in [4.69, 9.17) is 4.74 Å². The summed E-state index contributed by atoms with van der Waals surface area (Å²) in [5.74, 6) is 0. The zero-order valence-electron chi connectivity index (χ0n) is 11.2. The molecule has 2 heterocycles. The van der Waals surface area contributed by atoms with Crippen molar-refractivity contribution in [2.45, 2.75) is 6.61 Å². The molecule has 0 radical (unpaired) electrons. The van der Waals surface area contributed by atoms with Crippen LogP contribution in [0.1, 0.15) is 5.56 Å². The fourth-order valence-corrected chi connectivity index (χ4v) is 3.20. The van der Waals surface area contributed by atoms with Gasteiger partial charge in [0, 0.05) is 5.39 Å². The Labute approximate surface area is 125 Å². The molecule has 2 aromatic heterocycles. The summed E-state index contributed by atoms with van der Waals surface area (Å²) >= 11 is 1.57. The third kappa shape index (κ3) is 2.34. The standard InChI is InChI=1S/C17H12N2OS/c1-2-6-12(7-3-1)11-20-17-19-15-10-18-14-9-5-4-8-13(14)16(15)21-17/h1-10H,11H2. The Morgan fingerprint density at radius 2 is 1.71 bits per heavy atom. The number of thiazole rings is 1. The summed E-state index contributed by atoms with van der Waals surface area (Å²) in [6.07, 6.45) is 1.81. The van der Waals surface area contributed by atoms with Crippen molar-refractivity contribution in [1.82, 2.24) is 9.97 Å². The Morgan fingerprint density at radius 3 is 2.62 bits per heavy atom. The third-order valence-corrected chi connectivity index (χ3v) is 4.33. The first-order valence-electron chi connectivity index (χ1n) is 6.71. The molecule has 0 fully saturated rings. The highest BCUT2D eigenvalue weighted by atomic mass is 32.1. The number of aromatic nitrogens is 2. The second-order valence-corrected chi connectivity index (χ2v) is 5.71. The summed E-state index contributed by atoms with van der Waals surface area (Å²) in [6, 6.07) is 18.2. The van der Waals surface area contributed by atoms with Crippen LogP contribution in [0, 0.1) is 0 Å². The van der Waals surface area contributed by atoms with Crippen molar-refractivity contribution in [1.29, 1.82) is 0 Å². The molecule has 102 valence electrons. The van der Waals surface area contributed by atoms with Crippen LogP contribution in [0.2, 0.25) is 0 Å². The highest BCUT2D eigenvalue weighted by Gasteiger charge is 2.09. The first kappa shape index (κ1) is 12.3. The van der Waals surface area contributed by atoms with E-state index in [1.807, 2.05) is 54.7 Å². The van der Waals surface area contributed by atoms with E-state index >= 15 is 0 Å². The van der Waals surface area contributed by atoms with Crippen LogP contribution in [0.4, 0.5) is 0 Å². The van der Waals surface area contributed by atoms with E-state index in [1.54, 1.807) is 11.3 Å². The molecule has 4 aromatic rings. The smallest absolute Gasteiger partial charge is 0.274 e. The summed E-state index contributed by atoms with van der Waals surface area (Å²) in [5.41, 5.74) is 3.02. The SMILES string of the molecule is c1ccc(COc2nc3cnc4ccccc4c3s2)cc1. The van der Waals surface area contributed by atoms with E-state index < -0.39 is 0 Å². The number of hydrogen-bond acceptors (Lipinski definition) is 4. The largest absolute Gasteiger partial charge is 0.465 e. The lowest BCUT2D eigenvalue weighted by Gasteiger charge is -2.01. The van der Waals surface area contributed by atoms with Crippen molar-refractivity contribution in [3.8, 4) is 5.19 Å². The number of rotatable bonds is 3. The van der Waals surface area contributed by atoms with Gasteiger partial charge >= 0.3 is 0 Å². The van der Waals surface area contributed by atoms with Crippen molar-refractivity contribution in [2.75, 3.05) is 0 Å². The van der Waals surface area contributed by atoms with Crippen LogP contribution < -0.4 is 4.74 Å². The second-order valence-electron chi connectivity index (χ2n) is 4.74. The normalized spacial score (nSPS) is 11.0. The van der Waals surface area contributed by atoms with E-state index in [9.17, 15) is 0 Å². The third-order valence-electron chi connectivity index (χ3n) is 3.31. The molecule has 0 saturated heterocycles. The first-order valence-corrected chi connectivity index (χ1v) is 7.53. The maximum absolute atomic E-state index is 5.81. The minimum atomic E-state index is 0.534. The van der Waals surface area contributed by atoms with Crippen LogP contribution in [-0.4, -0.2) is 9.97 Å². The Kier molecular flexibility index (Phi) is 3.01. The number of ether oxygens (including phenoxy) is 1. The van der Waals surface area contributed by atoms with Crippen LogP contribution in [0.25, 0.3) is 21.1 Å². The van der Waals surface area contributed by atoms with Gasteiger partial charge in [0.25, 0.3) is 5.19 Å². The van der Waals surface area contributed by atoms with Gasteiger partial charge < -0.3 is 4.74 Å². The fraction of sp³-hybridized carbons (Fsp3) is 0.0588. The lowest BCUT2D eigenvalue weighted by atomic mass is 10.2. The molecule has 4 heteroatoms. The maximum Gasteiger partial charge on any atom is 0.274 e. The van der Waals surface area contributed by atoms with Gasteiger partial charge in [-0.1, -0.05) is 59.9 Å². The summed E-state index contributed by atoms with van der Waals surface area (Å²) in [4.78, 5) is 8.94. The average Bonchev–Trinajstić information content (AvgIpc) is 2.97. The molecular weight excluding hydrogens is 280 g/mol. The molecule has 0 unspecified atom stereocenters. The summed E-state index contributed by atoms with van der Waals surface area (Å²) in [6.45, 7) is 0.534. The van der Waals surface area contributed by atoms with Crippen molar-refractivity contribution in [3.63, 3.8) is 0 Å². The Bertz CT molecular complexity index is 902. The van der Waals surface area contributed by atoms with Gasteiger partial charge in [0.1, 0.15) is 12.1 Å². The van der Waals surface area contributed by atoms with Gasteiger partial charge in [-0.2, -0.15) is 0 Å². The second kappa shape index (κ2) is 5.14. The molecule has 2 aromatic carbocycles. The van der Waals surface area contributed by atoms with Gasteiger partial charge in [0.05, 0.1) is 16.4 Å². The highest BCUT2D eigenvalue weighted by Crippen LogP contribution is 2.32. The number of pyridine rings is 1. The van der Waals surface area contributed by atoms with Gasteiger partial charge in [-0.25, -0.2) is 4.98 Å². The molecule has 0 saturated carbocycles. The molecule has 0 aliphatic heterocycles. The van der Waals surface area contributed by atoms with Gasteiger partial charge in [-0.15, -0.1) is 0 Å². The van der Waals surface area contributed by atoms with Crippen LogP contribution in [0.15, 0.2) is 60.8 Å². The summed E-state index contributed by atoms with van der Waals surface area (Å²) < 4.78 is 6.93. The number of fused-ring (bicyclic) bond motifs is 3. The van der Waals surface area contributed by atoms with Crippen LogP contribution in [0.5, 0.6) is 5.19 Å². The quantitative estimate of drug-likeness (QED) is 0.560. The van der Waals surface area contributed by atoms with Gasteiger partial charge in [0.15, 0.2) is 0 Å². The maximum atomic E-state index is 5.81. The predicted molar refractivity (Wildman–Crippen MR) is 85.7 cm³/mol. The molecule has 0 aliphatic carbocycles. The molecule has 0 amide bonds. The van der Waals surface area contributed by atoms with E-state index in [0.29, 0.717) is 11.8 Å². The monoisotopic (exact) mass is 292 g/mol. The van der Waals surface area contributed by atoms with Gasteiger partial charge in [-0.3, -0.25) is 4.98 Å². The molecule has 4 rings (SSSR count). The lowest BCUT2D eigenvalue weighted by molar-refractivity contribution is 0.305. The van der Waals surface area contributed by atoms with Gasteiger partial charge in [0.2, 0.25) is 0 Å². The number of hydrogen-bond donors (Lipinski definition) is 0. The molecule has 0 bridgehead atoms.